The molecule has 1 atom stereocenters. The van der Waals surface area contributed by atoms with Crippen molar-refractivity contribution in [2.24, 2.45) is 0 Å². The normalized spacial score (nSPS) is 18.3. The van der Waals surface area contributed by atoms with Crippen LogP contribution in [-0.4, -0.2) is 35.4 Å². The number of ether oxygens (including phenoxy) is 1. The van der Waals surface area contributed by atoms with Gasteiger partial charge in [-0.1, -0.05) is 79.2 Å². The van der Waals surface area contributed by atoms with Crippen molar-refractivity contribution >= 4 is 17.4 Å². The number of likely N-dealkylation sites (tertiary alicyclic amines) is 1. The lowest BCUT2D eigenvalue weighted by atomic mass is 9.84. The topological polar surface area (TPSA) is 66.8 Å². The highest BCUT2D eigenvalue weighted by atomic mass is 16.5. The highest BCUT2D eigenvalue weighted by Crippen LogP contribution is 2.41. The van der Waals surface area contributed by atoms with Crippen molar-refractivity contribution in [2.45, 2.75) is 78.2 Å². The van der Waals surface area contributed by atoms with E-state index in [4.69, 9.17) is 4.74 Å². The largest absolute Gasteiger partial charge is 0.507 e. The minimum atomic E-state index is -0.642. The Hall–Kier alpha value is -3.08. The highest BCUT2D eigenvalue weighted by Gasteiger charge is 2.45. The molecule has 1 unspecified atom stereocenters. The van der Waals surface area contributed by atoms with E-state index in [1.54, 1.807) is 24.1 Å². The predicted molar refractivity (Wildman–Crippen MR) is 141 cm³/mol. The molecule has 5 nitrogen and oxygen atoms in total. The first-order valence-electron chi connectivity index (χ1n) is 12.4. The molecule has 5 heteroatoms. The van der Waals surface area contributed by atoms with Crippen molar-refractivity contribution < 1.29 is 19.4 Å². The molecular formula is C30H39NO4. The van der Waals surface area contributed by atoms with Crippen LogP contribution in [0.15, 0.2) is 48.0 Å². The van der Waals surface area contributed by atoms with Gasteiger partial charge in [-0.15, -0.1) is 0 Å². The predicted octanol–water partition coefficient (Wildman–Crippen LogP) is 6.51. The van der Waals surface area contributed by atoms with Crippen LogP contribution < -0.4 is 4.74 Å². The second-order valence-corrected chi connectivity index (χ2v) is 11.4. The number of hydrogen-bond acceptors (Lipinski definition) is 4. The summed E-state index contributed by atoms with van der Waals surface area (Å²) in [5.74, 6) is -0.641. The fraction of sp³-hybridized carbons (Fsp3) is 0.467. The summed E-state index contributed by atoms with van der Waals surface area (Å²) in [7, 11) is 1.62. The molecule has 1 fully saturated rings. The Kier molecular flexibility index (Phi) is 7.49. The summed E-state index contributed by atoms with van der Waals surface area (Å²) >= 11 is 0. The molecule has 2 aromatic carbocycles. The number of Topliss-reactive ketones (excluding diaryl/α,β-unsaturated/α-hetero) is 1. The maximum Gasteiger partial charge on any atom is 0.295 e. The van der Waals surface area contributed by atoms with Crippen LogP contribution in [0.2, 0.25) is 0 Å². The zero-order chi connectivity index (χ0) is 26.1. The van der Waals surface area contributed by atoms with E-state index in [9.17, 15) is 14.7 Å². The lowest BCUT2D eigenvalue weighted by Gasteiger charge is -2.27. The molecule has 1 heterocycles. The number of methoxy groups -OCH3 is 1. The second-order valence-electron chi connectivity index (χ2n) is 11.4. The summed E-state index contributed by atoms with van der Waals surface area (Å²) in [5.41, 5.74) is 3.28. The van der Waals surface area contributed by atoms with Crippen LogP contribution >= 0.6 is 0 Å². The van der Waals surface area contributed by atoms with E-state index in [1.165, 1.54) is 0 Å². The van der Waals surface area contributed by atoms with E-state index in [1.807, 2.05) is 30.3 Å². The van der Waals surface area contributed by atoms with Gasteiger partial charge in [0.1, 0.15) is 11.5 Å². The molecule has 2 aromatic rings. The number of unbranched alkanes of at least 4 members (excludes halogenated alkanes) is 1. The van der Waals surface area contributed by atoms with Crippen LogP contribution in [0.5, 0.6) is 5.75 Å². The molecule has 1 amide bonds. The number of carbonyl (C=O) groups excluding carboxylic acids is 2. The van der Waals surface area contributed by atoms with E-state index < -0.39 is 17.7 Å². The van der Waals surface area contributed by atoms with Crippen molar-refractivity contribution in [1.29, 1.82) is 0 Å². The Morgan fingerprint density at radius 2 is 1.60 bits per heavy atom. The number of amides is 1. The van der Waals surface area contributed by atoms with E-state index >= 15 is 0 Å². The van der Waals surface area contributed by atoms with Crippen LogP contribution in [0.3, 0.4) is 0 Å². The number of aliphatic hydroxyl groups excluding tert-OH is 1. The monoisotopic (exact) mass is 477 g/mol. The number of aliphatic hydroxyl groups is 1. The first kappa shape index (κ1) is 26.5. The number of nitrogens with zero attached hydrogens (tertiary/aromatic N) is 1. The van der Waals surface area contributed by atoms with Crippen LogP contribution in [0, 0.1) is 0 Å². The van der Waals surface area contributed by atoms with Crippen LogP contribution in [0.1, 0.15) is 89.6 Å². The van der Waals surface area contributed by atoms with Gasteiger partial charge in [0.05, 0.1) is 18.7 Å². The average molecular weight is 478 g/mol. The van der Waals surface area contributed by atoms with E-state index in [0.29, 0.717) is 17.9 Å². The summed E-state index contributed by atoms with van der Waals surface area (Å²) in [5, 5.41) is 11.5. The third kappa shape index (κ3) is 5.29. The van der Waals surface area contributed by atoms with Gasteiger partial charge >= 0.3 is 0 Å². The zero-order valence-electron chi connectivity index (χ0n) is 22.4. The zero-order valence-corrected chi connectivity index (χ0v) is 22.4. The molecule has 0 bridgehead atoms. The van der Waals surface area contributed by atoms with Crippen molar-refractivity contribution in [3.63, 3.8) is 0 Å². The summed E-state index contributed by atoms with van der Waals surface area (Å²) in [6.07, 6.45) is 1.67. The van der Waals surface area contributed by atoms with Gasteiger partial charge in [0.2, 0.25) is 0 Å². The van der Waals surface area contributed by atoms with E-state index in [-0.39, 0.29) is 22.2 Å². The molecular weight excluding hydrogens is 438 g/mol. The highest BCUT2D eigenvalue weighted by molar-refractivity contribution is 6.46. The SMILES string of the molecule is CCCCN1C(=O)C(=O)/C(=C(\O)c2ccc(OC)c(C(C)(C)C)c2)C1c1ccc(C(C)(C)C)cc1. The summed E-state index contributed by atoms with van der Waals surface area (Å²) in [6.45, 7) is 15.1. The fourth-order valence-electron chi connectivity index (χ4n) is 4.55. The average Bonchev–Trinajstić information content (AvgIpc) is 3.05. The lowest BCUT2D eigenvalue weighted by molar-refractivity contribution is -0.139. The molecule has 0 spiro atoms. The Bertz CT molecular complexity index is 1130. The maximum atomic E-state index is 13.3. The van der Waals surface area contributed by atoms with Crippen molar-refractivity contribution in [3.05, 3.63) is 70.3 Å². The lowest BCUT2D eigenvalue weighted by Crippen LogP contribution is -2.30. The molecule has 35 heavy (non-hydrogen) atoms. The van der Waals surface area contributed by atoms with Gasteiger partial charge in [0, 0.05) is 17.7 Å². The number of rotatable bonds is 6. The summed E-state index contributed by atoms with van der Waals surface area (Å²) < 4.78 is 5.53. The minimum Gasteiger partial charge on any atom is -0.507 e. The quantitative estimate of drug-likeness (QED) is 0.292. The molecule has 1 saturated heterocycles. The van der Waals surface area contributed by atoms with Crippen molar-refractivity contribution in [1.82, 2.24) is 4.90 Å². The van der Waals surface area contributed by atoms with Crippen LogP contribution in [0.4, 0.5) is 0 Å². The third-order valence-electron chi connectivity index (χ3n) is 6.67. The van der Waals surface area contributed by atoms with Gasteiger partial charge in [-0.05, 0) is 46.6 Å². The van der Waals surface area contributed by atoms with Crippen molar-refractivity contribution in [2.75, 3.05) is 13.7 Å². The maximum absolute atomic E-state index is 13.3. The first-order chi connectivity index (χ1) is 16.3. The minimum absolute atomic E-state index is 0.0188. The molecule has 188 valence electrons. The number of benzene rings is 2. The Labute approximate surface area is 209 Å². The third-order valence-corrected chi connectivity index (χ3v) is 6.67. The Morgan fingerprint density at radius 1 is 0.971 bits per heavy atom. The van der Waals surface area contributed by atoms with Gasteiger partial charge in [0.15, 0.2) is 0 Å². The molecule has 3 rings (SSSR count). The van der Waals surface area contributed by atoms with Gasteiger partial charge in [0.25, 0.3) is 11.7 Å². The smallest absolute Gasteiger partial charge is 0.295 e. The van der Waals surface area contributed by atoms with Gasteiger partial charge < -0.3 is 14.7 Å². The molecule has 0 radical (unpaired) electrons. The van der Waals surface area contributed by atoms with Crippen molar-refractivity contribution in [3.8, 4) is 5.75 Å². The fourth-order valence-corrected chi connectivity index (χ4v) is 4.55. The second kappa shape index (κ2) is 9.88. The van der Waals surface area contributed by atoms with Gasteiger partial charge in [-0.3, -0.25) is 9.59 Å². The summed E-state index contributed by atoms with van der Waals surface area (Å²) in [6, 6.07) is 12.8. The number of carbonyl (C=O) groups is 2. The van der Waals surface area contributed by atoms with Gasteiger partial charge in [-0.25, -0.2) is 0 Å². The molecule has 0 saturated carbocycles. The molecule has 0 aliphatic carbocycles. The van der Waals surface area contributed by atoms with E-state index in [2.05, 4.69) is 48.5 Å². The standard InChI is InChI=1S/C30H39NO4/c1-9-10-17-31-25(19-11-14-21(15-12-19)29(2,3)4)24(27(33)28(31)34)26(32)20-13-16-23(35-8)22(18-20)30(5,6)7/h11-16,18,25,32H,9-10,17H2,1-8H3/b26-24-. The molecule has 1 N–H and O–H groups in total. The van der Waals surface area contributed by atoms with Crippen LogP contribution in [-0.2, 0) is 20.4 Å². The summed E-state index contributed by atoms with van der Waals surface area (Å²) in [4.78, 5) is 28.0. The molecule has 1 aliphatic heterocycles. The molecule has 1 aliphatic rings. The van der Waals surface area contributed by atoms with Gasteiger partial charge in [-0.2, -0.15) is 0 Å². The van der Waals surface area contributed by atoms with Crippen LogP contribution in [0.25, 0.3) is 5.76 Å². The Morgan fingerprint density at radius 3 is 2.11 bits per heavy atom. The molecule has 0 aromatic heterocycles. The number of hydrogen-bond donors (Lipinski definition) is 1. The number of ketones is 1. The van der Waals surface area contributed by atoms with E-state index in [0.717, 1.165) is 29.5 Å². The first-order valence-corrected chi connectivity index (χ1v) is 12.4. The Balaban J connectivity index is 2.20.